The smallest absolute Gasteiger partial charge is 0.147 e. The van der Waals surface area contributed by atoms with Gasteiger partial charge >= 0.3 is 0 Å². The van der Waals surface area contributed by atoms with Gasteiger partial charge < -0.3 is 0 Å². The van der Waals surface area contributed by atoms with Crippen LogP contribution < -0.4 is 0 Å². The molecule has 1 aromatic carbocycles. The van der Waals surface area contributed by atoms with Crippen molar-refractivity contribution in [1.29, 1.82) is 0 Å². The van der Waals surface area contributed by atoms with Gasteiger partial charge in [-0.15, -0.1) is 11.3 Å². The molecule has 0 bridgehead atoms. The molecule has 0 spiro atoms. The summed E-state index contributed by atoms with van der Waals surface area (Å²) >= 11 is 12.0. The number of fused-ring (bicyclic) bond motifs is 1. The van der Waals surface area contributed by atoms with Crippen LogP contribution in [0.25, 0.3) is 10.2 Å². The average molecular weight is 214 g/mol. The maximum atomic E-state index is 5.65. The third-order valence-corrected chi connectivity index (χ3v) is 3.13. The Morgan fingerprint density at radius 1 is 1.42 bits per heavy atom. The Labute approximate surface area is 84.0 Å². The van der Waals surface area contributed by atoms with Crippen molar-refractivity contribution in [3.8, 4) is 0 Å². The second kappa shape index (κ2) is 3.09. The first-order chi connectivity index (χ1) is 5.77. The van der Waals surface area contributed by atoms with Crippen molar-refractivity contribution < 1.29 is 0 Å². The lowest BCUT2D eigenvalue weighted by Crippen LogP contribution is -1.82. The predicted octanol–water partition coefficient (Wildman–Crippen LogP) is 3.21. The highest BCUT2D eigenvalue weighted by Gasteiger charge is 2.04. The number of para-hydroxylation sites is 1. The number of hydrogen-bond acceptors (Lipinski definition) is 3. The monoisotopic (exact) mass is 213 g/mol. The summed E-state index contributed by atoms with van der Waals surface area (Å²) in [5.74, 6) is 0. The van der Waals surface area contributed by atoms with E-state index in [2.05, 4.69) is 4.98 Å². The summed E-state index contributed by atoms with van der Waals surface area (Å²) in [6, 6.07) is 7.88. The molecule has 1 aromatic heterocycles. The van der Waals surface area contributed by atoms with E-state index < -0.39 is 0 Å². The van der Waals surface area contributed by atoms with Gasteiger partial charge in [-0.25, -0.2) is 4.98 Å². The molecule has 0 saturated heterocycles. The van der Waals surface area contributed by atoms with Gasteiger partial charge in [-0.2, -0.15) is 0 Å². The zero-order valence-electron chi connectivity index (χ0n) is 5.95. The van der Waals surface area contributed by atoms with E-state index in [0.29, 0.717) is 4.32 Å². The first kappa shape index (κ1) is 8.10. The fourth-order valence-corrected chi connectivity index (χ4v) is 2.08. The highest BCUT2D eigenvalue weighted by Crippen LogP contribution is 2.22. The minimum Gasteiger partial charge on any atom is -0.234 e. The van der Waals surface area contributed by atoms with Gasteiger partial charge in [0.2, 0.25) is 0 Å². The zero-order valence-corrected chi connectivity index (χ0v) is 8.34. The van der Waals surface area contributed by atoms with Gasteiger partial charge in [0.05, 0.1) is 10.2 Å². The van der Waals surface area contributed by atoms with E-state index in [1.807, 2.05) is 24.3 Å². The quantitative estimate of drug-likeness (QED) is 0.533. The van der Waals surface area contributed by atoms with Crippen molar-refractivity contribution in [2.24, 2.45) is 0 Å². The molecular formula is C8H4ClNS2. The van der Waals surface area contributed by atoms with Crippen LogP contribution in [0.3, 0.4) is 0 Å². The first-order valence-electron chi connectivity index (χ1n) is 3.33. The minimum atomic E-state index is 0.344. The van der Waals surface area contributed by atoms with E-state index >= 15 is 0 Å². The Bertz CT molecular complexity index is 402. The Hall–Kier alpha value is -0.510. The molecule has 0 saturated carbocycles. The molecule has 0 aliphatic carbocycles. The van der Waals surface area contributed by atoms with E-state index in [0.717, 1.165) is 15.2 Å². The lowest BCUT2D eigenvalue weighted by atomic mass is 10.3. The summed E-state index contributed by atoms with van der Waals surface area (Å²) < 4.78 is 1.46. The van der Waals surface area contributed by atoms with Gasteiger partial charge in [0.1, 0.15) is 9.33 Å². The molecule has 4 heteroatoms. The lowest BCUT2D eigenvalue weighted by molar-refractivity contribution is 1.48. The minimum absolute atomic E-state index is 0.344. The van der Waals surface area contributed by atoms with Crippen LogP contribution in [0.2, 0.25) is 0 Å². The number of thiazole rings is 1. The van der Waals surface area contributed by atoms with Crippen LogP contribution in [0.1, 0.15) is 5.01 Å². The van der Waals surface area contributed by atoms with Crippen LogP contribution in [-0.2, 0) is 0 Å². The molecule has 1 nitrogen and oxygen atoms in total. The van der Waals surface area contributed by atoms with Crippen molar-refractivity contribution >= 4 is 49.7 Å². The number of halogens is 1. The Balaban J connectivity index is 2.70. The summed E-state index contributed by atoms with van der Waals surface area (Å²) in [7, 11) is 0. The second-order valence-corrected chi connectivity index (χ2v) is 4.30. The van der Waals surface area contributed by atoms with Crippen molar-refractivity contribution in [2.75, 3.05) is 0 Å². The van der Waals surface area contributed by atoms with Crippen LogP contribution in [0.15, 0.2) is 24.3 Å². The molecule has 60 valence electrons. The topological polar surface area (TPSA) is 12.9 Å². The fourth-order valence-electron chi connectivity index (χ4n) is 0.956. The van der Waals surface area contributed by atoms with Crippen LogP contribution >= 0.6 is 35.2 Å². The maximum Gasteiger partial charge on any atom is 0.147 e. The molecule has 1 heterocycles. The number of aromatic nitrogens is 1. The van der Waals surface area contributed by atoms with E-state index in [-0.39, 0.29) is 0 Å². The molecule has 0 radical (unpaired) electrons. The predicted molar refractivity (Wildman–Crippen MR) is 57.2 cm³/mol. The molecule has 0 N–H and O–H groups in total. The Morgan fingerprint density at radius 3 is 2.83 bits per heavy atom. The molecule has 0 atom stereocenters. The standard InChI is InChI=1S/C8H4ClNS2/c9-7(11)8-10-5-3-1-2-4-6(5)12-8/h1-4H. The number of hydrogen-bond donors (Lipinski definition) is 0. The lowest BCUT2D eigenvalue weighted by Gasteiger charge is -1.81. The molecule has 0 unspecified atom stereocenters. The Kier molecular flexibility index (Phi) is 2.09. The van der Waals surface area contributed by atoms with Gasteiger partial charge in [-0.05, 0) is 12.1 Å². The summed E-state index contributed by atoms with van der Waals surface area (Å²) in [5, 5.41) is 0.730. The van der Waals surface area contributed by atoms with E-state index in [1.54, 1.807) is 0 Å². The maximum absolute atomic E-state index is 5.65. The molecule has 0 aliphatic heterocycles. The van der Waals surface area contributed by atoms with Crippen LogP contribution in [0, 0.1) is 0 Å². The fraction of sp³-hybridized carbons (Fsp3) is 0. The average Bonchev–Trinajstić information content (AvgIpc) is 2.46. The molecule has 0 fully saturated rings. The molecule has 2 aromatic rings. The molecular weight excluding hydrogens is 210 g/mol. The molecule has 0 amide bonds. The molecule has 0 aliphatic rings. The van der Waals surface area contributed by atoms with Gasteiger partial charge in [0, 0.05) is 0 Å². The summed E-state index contributed by atoms with van der Waals surface area (Å²) in [6.07, 6.45) is 0. The number of rotatable bonds is 1. The molecule has 12 heavy (non-hydrogen) atoms. The van der Waals surface area contributed by atoms with Gasteiger partial charge in [0.15, 0.2) is 0 Å². The van der Waals surface area contributed by atoms with E-state index in [4.69, 9.17) is 23.8 Å². The highest BCUT2D eigenvalue weighted by atomic mass is 35.5. The number of thiocarbonyl (C=S) groups is 1. The van der Waals surface area contributed by atoms with Crippen molar-refractivity contribution in [3.63, 3.8) is 0 Å². The third kappa shape index (κ3) is 1.35. The first-order valence-corrected chi connectivity index (χ1v) is 4.93. The Morgan fingerprint density at radius 2 is 2.17 bits per heavy atom. The van der Waals surface area contributed by atoms with E-state index in [1.165, 1.54) is 11.3 Å². The van der Waals surface area contributed by atoms with Crippen molar-refractivity contribution in [2.45, 2.75) is 0 Å². The third-order valence-electron chi connectivity index (χ3n) is 1.46. The highest BCUT2D eigenvalue weighted by molar-refractivity contribution is 7.84. The second-order valence-electron chi connectivity index (χ2n) is 2.26. The van der Waals surface area contributed by atoms with Crippen molar-refractivity contribution in [3.05, 3.63) is 29.3 Å². The summed E-state index contributed by atoms with van der Waals surface area (Å²) in [5.41, 5.74) is 0.959. The van der Waals surface area contributed by atoms with Gasteiger partial charge in [0.25, 0.3) is 0 Å². The number of nitrogens with zero attached hydrogens (tertiary/aromatic N) is 1. The zero-order chi connectivity index (χ0) is 8.55. The van der Waals surface area contributed by atoms with Gasteiger partial charge in [-0.1, -0.05) is 36.0 Å². The van der Waals surface area contributed by atoms with Crippen LogP contribution in [-0.4, -0.2) is 9.31 Å². The summed E-state index contributed by atoms with van der Waals surface area (Å²) in [4.78, 5) is 4.26. The van der Waals surface area contributed by atoms with Crippen LogP contribution in [0.4, 0.5) is 0 Å². The number of benzene rings is 1. The molecule has 2 rings (SSSR count). The SMILES string of the molecule is S=C(Cl)c1nc2ccccc2s1. The normalized spacial score (nSPS) is 10.4. The summed E-state index contributed by atoms with van der Waals surface area (Å²) in [6.45, 7) is 0. The largest absolute Gasteiger partial charge is 0.234 e. The van der Waals surface area contributed by atoms with Gasteiger partial charge in [-0.3, -0.25) is 0 Å². The van der Waals surface area contributed by atoms with Crippen LogP contribution in [0.5, 0.6) is 0 Å². The van der Waals surface area contributed by atoms with E-state index in [9.17, 15) is 0 Å². The van der Waals surface area contributed by atoms with Crippen molar-refractivity contribution in [1.82, 2.24) is 4.98 Å².